The van der Waals surface area contributed by atoms with Crippen molar-refractivity contribution in [1.82, 2.24) is 20.8 Å². The van der Waals surface area contributed by atoms with E-state index >= 15 is 0 Å². The Balaban J connectivity index is 0.000000216. The van der Waals surface area contributed by atoms with Crippen molar-refractivity contribution >= 4 is 106 Å². The molecule has 5 saturated heterocycles. The number of aromatic hydroxyl groups is 4. The van der Waals surface area contributed by atoms with Crippen molar-refractivity contribution in [3.8, 4) is 34.5 Å². The summed E-state index contributed by atoms with van der Waals surface area (Å²) < 4.78 is 34.3. The van der Waals surface area contributed by atoms with Crippen LogP contribution in [0.5, 0.6) is 34.5 Å². The Kier molecular flexibility index (Phi) is 27.8. The van der Waals surface area contributed by atoms with Gasteiger partial charge in [-0.25, -0.2) is 9.59 Å². The molecule has 5 fully saturated rings. The van der Waals surface area contributed by atoms with Crippen molar-refractivity contribution in [1.29, 1.82) is 0 Å². The van der Waals surface area contributed by atoms with Gasteiger partial charge in [0.15, 0.2) is 35.7 Å². The standard InChI is InChI=1S/C37H40N2O16.C27H29NO11.C7H7NO6.C4H5NO2.ClH/c1-16-32(46)19(38-23(42)8-3-4-9-26(45)55-39-24(43)10-11-25(39)44)12-27(53-16)54-21-14-37(51,22(41)15-40)13-18-29(21)36(50)31-30(34(18)48)33(47)17-6-5-7-20(52-2)28(17)35(31)49;1-10-22(31)13(28)6-17(38-10)39-15-8-27(36,16(30)9-29)7-12-19(15)26(35)21-20(24(12)33)23(32)11-4-3-5-14(37-2)18(11)25(21)34;9-4-1-2-5(10)8(4)14-7(13)3-6(11)12;6-3-1-2-4(7)5-3;/h5-7,16,19,21,27,32,40,46,48,50-51H,3-4,8-15H2,1-2H3,(H,38,42);3-5,10,13,15,17,22,29,31,33,35-36H,6-9,28H2,1-2H3;1-3H2,(H,11,12);1-2H2,(H,5,6,7);1H/t16?,19?,21-,27?,32?,37-;10?,13?,15-,17?,22?,27-;;;/m00.../s1. The zero-order chi connectivity index (χ0) is 84.3. The molecule has 13 rings (SSSR count). The Labute approximate surface area is 661 Å². The normalized spacial score (nSPS) is 25.4. The van der Waals surface area contributed by atoms with Gasteiger partial charge in [0.25, 0.3) is 23.6 Å². The van der Waals surface area contributed by atoms with Crippen LogP contribution in [-0.4, -0.2) is 248 Å². The van der Waals surface area contributed by atoms with Crippen LogP contribution in [0.3, 0.4) is 0 Å². The molecule has 41 heteroatoms. The number of methoxy groups -OCH3 is 2. The summed E-state index contributed by atoms with van der Waals surface area (Å²) in [6.07, 6.45) is -11.7. The number of carbonyl (C=O) groups excluding carboxylic acids is 15. The van der Waals surface area contributed by atoms with E-state index in [0.29, 0.717) is 23.0 Å². The second-order valence-electron chi connectivity index (χ2n) is 28.2. The van der Waals surface area contributed by atoms with Crippen molar-refractivity contribution < 1.29 is 171 Å². The Hall–Kier alpha value is -11.1. The number of carboxylic acid groups (broad SMARTS) is 1. The number of hydroxylamine groups is 4. The molecule has 624 valence electrons. The first-order chi connectivity index (χ1) is 54.3. The lowest BCUT2D eigenvalue weighted by atomic mass is 9.72. The molecule has 15 N–H and O–H groups in total. The number of ether oxygens (including phenoxy) is 6. The van der Waals surface area contributed by atoms with Crippen molar-refractivity contribution in [3.05, 3.63) is 103 Å². The lowest BCUT2D eigenvalue weighted by Crippen LogP contribution is -2.55. The smallest absolute Gasteiger partial charge is 0.344 e. The number of aliphatic hydroxyl groups is 6. The van der Waals surface area contributed by atoms with E-state index in [0.717, 1.165) is 0 Å². The number of phenols is 4. The van der Waals surface area contributed by atoms with Crippen molar-refractivity contribution in [2.75, 3.05) is 27.4 Å². The molecule has 5 aliphatic heterocycles. The molecule has 4 aromatic rings. The number of halogens is 1. The zero-order valence-corrected chi connectivity index (χ0v) is 63.1. The third-order valence-electron chi connectivity index (χ3n) is 20.5. The summed E-state index contributed by atoms with van der Waals surface area (Å²) in [5, 5.41) is 123. The SMILES string of the molecule is COc1cccc2c1C(=O)c1c(O)c3c(c(O)c1C2=O)C[C@@](O)(C(=O)CO)C[C@@H]3OC1CC(N)C(O)C(C)O1.COc1cccc2c1C(=O)c1c(O)c3c(c(O)c1C2=O)C[C@@](O)(C(=O)CO)C[C@@H]3OC1CC(NC(=O)CCCCC(=O)ON2C(=O)CCC2=O)C(O)C(C)O1.Cl.O=C(O)CC(=O)ON1C(=O)CCC1=O.O=C1CCC(=O)N1. The van der Waals surface area contributed by atoms with Gasteiger partial charge in [-0.3, -0.25) is 72.4 Å². The number of benzene rings is 4. The Morgan fingerprint density at radius 2 is 0.948 bits per heavy atom. The average molecular weight is 1650 g/mol. The highest BCUT2D eigenvalue weighted by Crippen LogP contribution is 2.55. The minimum absolute atomic E-state index is 0. The number of hydrogen-bond donors (Lipinski definition) is 14. The zero-order valence-electron chi connectivity index (χ0n) is 62.3. The van der Waals surface area contributed by atoms with E-state index in [1.54, 1.807) is 6.92 Å². The predicted octanol–water partition coefficient (Wildman–Crippen LogP) is -0.759. The van der Waals surface area contributed by atoms with Crippen LogP contribution in [0.25, 0.3) is 0 Å². The van der Waals surface area contributed by atoms with Gasteiger partial charge >= 0.3 is 17.9 Å². The molecule has 9 aliphatic rings. The quantitative estimate of drug-likeness (QED) is 0.0193. The summed E-state index contributed by atoms with van der Waals surface area (Å²) in [6, 6.07) is 6.93. The lowest BCUT2D eigenvalue weighted by molar-refractivity contribution is -0.249. The molecule has 4 aliphatic carbocycles. The highest BCUT2D eigenvalue weighted by molar-refractivity contribution is 6.32. The second kappa shape index (κ2) is 36.3. The molecule has 116 heavy (non-hydrogen) atoms. The maximum atomic E-state index is 13.9. The maximum absolute atomic E-state index is 13.9. The molecule has 4 aromatic carbocycles. The van der Waals surface area contributed by atoms with E-state index < -0.39 is 245 Å². The van der Waals surface area contributed by atoms with Crippen LogP contribution in [0.4, 0.5) is 0 Å². The van der Waals surface area contributed by atoms with Crippen LogP contribution in [0.15, 0.2) is 36.4 Å². The molecule has 40 nitrogen and oxygen atoms in total. The number of aliphatic carboxylic acids is 1. The molecule has 0 saturated carbocycles. The Bertz CT molecular complexity index is 4680. The van der Waals surface area contributed by atoms with Crippen LogP contribution in [0.1, 0.15) is 208 Å². The number of carboxylic acids is 1. The van der Waals surface area contributed by atoms with E-state index in [-0.39, 0.29) is 144 Å². The number of ketones is 6. The number of hydrogen-bond acceptors (Lipinski definition) is 35. The fourth-order valence-electron chi connectivity index (χ4n) is 14.7. The monoisotopic (exact) mass is 1650 g/mol. The van der Waals surface area contributed by atoms with Crippen LogP contribution in [-0.2, 0) is 99.0 Å². The number of nitrogens with zero attached hydrogens (tertiary/aromatic N) is 2. The van der Waals surface area contributed by atoms with Gasteiger partial charge in [-0.2, -0.15) is 0 Å². The van der Waals surface area contributed by atoms with Gasteiger partial charge in [0.2, 0.25) is 29.3 Å². The van der Waals surface area contributed by atoms with Gasteiger partial charge in [-0.15, -0.1) is 22.5 Å². The maximum Gasteiger partial charge on any atom is 0.344 e. The highest BCUT2D eigenvalue weighted by atomic mass is 35.5. The van der Waals surface area contributed by atoms with E-state index in [4.69, 9.17) is 44.1 Å². The molecule has 12 atom stereocenters. The molecule has 0 aromatic heterocycles. The fourth-order valence-corrected chi connectivity index (χ4v) is 14.7. The summed E-state index contributed by atoms with van der Waals surface area (Å²) >= 11 is 0. The van der Waals surface area contributed by atoms with E-state index in [9.17, 15) is 128 Å². The molecule has 0 spiro atoms. The number of phenolic OH excluding ortho intramolecular Hbond substituents is 4. The van der Waals surface area contributed by atoms with Crippen LogP contribution < -0.4 is 25.8 Å². The third-order valence-corrected chi connectivity index (χ3v) is 20.5. The average Bonchev–Trinajstić information content (AvgIpc) is 0.811. The minimum Gasteiger partial charge on any atom is -0.507 e. The number of unbranched alkanes of at least 4 members (excludes halogenated alkanes) is 1. The van der Waals surface area contributed by atoms with Crippen molar-refractivity contribution in [2.24, 2.45) is 5.73 Å². The fraction of sp³-hybridized carbons (Fsp3) is 0.467. The van der Waals surface area contributed by atoms with Gasteiger partial charge in [0.1, 0.15) is 71.4 Å². The number of nitrogens with two attached hydrogens (primary N) is 1. The topological polar surface area (TPSA) is 626 Å². The number of fused-ring (bicyclic) bond motifs is 6. The number of nitrogens with one attached hydrogen (secondary N) is 2. The predicted molar refractivity (Wildman–Crippen MR) is 382 cm³/mol. The number of aliphatic hydroxyl groups excluding tert-OH is 4. The Morgan fingerprint density at radius 3 is 1.34 bits per heavy atom. The highest BCUT2D eigenvalue weighted by Gasteiger charge is 2.53. The molecule has 0 radical (unpaired) electrons. The van der Waals surface area contributed by atoms with Gasteiger partial charge < -0.3 is 105 Å². The first-order valence-electron chi connectivity index (χ1n) is 36.0. The van der Waals surface area contributed by atoms with Crippen LogP contribution in [0, 0.1) is 0 Å². The van der Waals surface area contributed by atoms with Crippen molar-refractivity contribution in [2.45, 2.75) is 195 Å². The Morgan fingerprint density at radius 1 is 0.552 bits per heavy atom. The number of Topliss-reactive ketones (excluding diaryl/α,β-unsaturated/α-hetero) is 2. The minimum atomic E-state index is -2.37. The van der Waals surface area contributed by atoms with Gasteiger partial charge in [-0.05, 0) is 38.8 Å². The van der Waals surface area contributed by atoms with Gasteiger partial charge in [0, 0.05) is 129 Å². The number of amides is 7. The lowest BCUT2D eigenvalue weighted by Gasteiger charge is -2.43. The first-order valence-corrected chi connectivity index (χ1v) is 36.0. The second-order valence-corrected chi connectivity index (χ2v) is 28.2. The summed E-state index contributed by atoms with van der Waals surface area (Å²) in [5.74, 6) is -14.6. The first kappa shape index (κ1) is 88.8. The summed E-state index contributed by atoms with van der Waals surface area (Å²) in [6.45, 7) is 0.956. The van der Waals surface area contributed by atoms with Gasteiger partial charge in [-0.1, -0.05) is 24.3 Å². The summed E-state index contributed by atoms with van der Waals surface area (Å²) in [7, 11) is 2.61. The largest absolute Gasteiger partial charge is 0.507 e. The molecule has 5 heterocycles. The van der Waals surface area contributed by atoms with E-state index in [1.165, 1.54) is 57.5 Å². The molecular weight excluding hydrogens is 1570 g/mol. The molecule has 0 bridgehead atoms. The summed E-state index contributed by atoms with van der Waals surface area (Å²) in [4.78, 5) is 200. The van der Waals surface area contributed by atoms with Crippen molar-refractivity contribution in [3.63, 3.8) is 0 Å². The van der Waals surface area contributed by atoms with Gasteiger partial charge in [0.05, 0.1) is 84.2 Å². The van der Waals surface area contributed by atoms with Crippen LogP contribution >= 0.6 is 12.4 Å². The molecule has 8 unspecified atom stereocenters. The number of imide groups is 3. The van der Waals surface area contributed by atoms with E-state index in [2.05, 4.69) is 15.5 Å². The van der Waals surface area contributed by atoms with E-state index in [1.807, 2.05) is 0 Å². The summed E-state index contributed by atoms with van der Waals surface area (Å²) in [5.41, 5.74) is -1.84. The third kappa shape index (κ3) is 18.1. The van der Waals surface area contributed by atoms with Crippen LogP contribution in [0.2, 0.25) is 0 Å². The molecular formula is C75H82ClN5O35. The molecule has 7 amide bonds. The number of rotatable bonds is 20. The number of carbonyl (C=O) groups is 16.